The Morgan fingerprint density at radius 1 is 0.611 bits per heavy atom. The molecule has 4 aromatic carbocycles. The van der Waals surface area contributed by atoms with E-state index in [1.165, 1.54) is 30.4 Å². The Morgan fingerprint density at radius 2 is 1.13 bits per heavy atom. The molecule has 0 aliphatic heterocycles. The third-order valence-electron chi connectivity index (χ3n) is 8.04. The monoisotopic (exact) mass is 730 g/mol. The lowest BCUT2D eigenvalue weighted by Gasteiger charge is -2.19. The van der Waals surface area contributed by atoms with E-state index in [1.807, 2.05) is 0 Å². The van der Waals surface area contributed by atoms with Crippen molar-refractivity contribution in [3.05, 3.63) is 144 Å². The molecule has 12 heteroatoms. The van der Waals surface area contributed by atoms with Crippen molar-refractivity contribution < 1.29 is 38.2 Å². The van der Waals surface area contributed by atoms with Crippen LogP contribution in [0.3, 0.4) is 0 Å². The molecule has 0 spiro atoms. The van der Waals surface area contributed by atoms with Crippen LogP contribution in [0.1, 0.15) is 65.4 Å². The van der Waals surface area contributed by atoms with Gasteiger partial charge in [0.05, 0.1) is 5.56 Å². The molecule has 278 valence electrons. The summed E-state index contributed by atoms with van der Waals surface area (Å²) in [6.45, 7) is 14.5. The number of benzene rings is 4. The molecule has 0 atom stereocenters. The first-order valence-electron chi connectivity index (χ1n) is 16.9. The van der Waals surface area contributed by atoms with Crippen LogP contribution in [-0.2, 0) is 9.53 Å². The number of nitrogens with two attached hydrogens (primary N) is 1. The maximum absolute atomic E-state index is 13.7. The molecule has 0 aromatic heterocycles. The minimum absolute atomic E-state index is 0.0149. The molecule has 0 aliphatic rings. The zero-order valence-electron chi connectivity index (χ0n) is 30.2. The van der Waals surface area contributed by atoms with Crippen molar-refractivity contribution in [3.8, 4) is 11.5 Å². The Hall–Kier alpha value is -6.95. The highest BCUT2D eigenvalue weighted by Crippen LogP contribution is 2.34. The Kier molecular flexibility index (Phi) is 14.0. The van der Waals surface area contributed by atoms with E-state index in [-0.39, 0.29) is 67.0 Å². The van der Waals surface area contributed by atoms with Gasteiger partial charge < -0.3 is 35.9 Å². The number of nitrogen functional groups attached to an aromatic ring is 1. The third-order valence-corrected chi connectivity index (χ3v) is 8.04. The first kappa shape index (κ1) is 39.8. The van der Waals surface area contributed by atoms with Crippen LogP contribution in [0.4, 0.5) is 22.7 Å². The average molecular weight is 731 g/mol. The van der Waals surface area contributed by atoms with Crippen LogP contribution in [0.5, 0.6) is 11.5 Å². The summed E-state index contributed by atoms with van der Waals surface area (Å²) >= 11 is 0. The first-order chi connectivity index (χ1) is 26.0. The Labute approximate surface area is 313 Å². The van der Waals surface area contributed by atoms with Crippen LogP contribution in [0, 0.1) is 13.8 Å². The van der Waals surface area contributed by atoms with Gasteiger partial charge in [-0.1, -0.05) is 38.0 Å². The van der Waals surface area contributed by atoms with Crippen LogP contribution in [0.25, 0.3) is 0 Å². The van der Waals surface area contributed by atoms with Crippen molar-refractivity contribution in [2.75, 3.05) is 41.5 Å². The lowest BCUT2D eigenvalue weighted by Crippen LogP contribution is -2.18. The molecule has 0 fully saturated rings. The van der Waals surface area contributed by atoms with E-state index in [0.29, 0.717) is 45.0 Å². The van der Waals surface area contributed by atoms with Gasteiger partial charge in [0.1, 0.15) is 36.9 Å². The molecule has 0 heterocycles. The van der Waals surface area contributed by atoms with E-state index in [9.17, 15) is 24.0 Å². The second kappa shape index (κ2) is 19.0. The summed E-state index contributed by atoms with van der Waals surface area (Å²) in [5.41, 5.74) is 9.58. The van der Waals surface area contributed by atoms with Crippen molar-refractivity contribution in [1.29, 1.82) is 0 Å². The number of carbonyl (C=O) groups is 5. The number of amides is 3. The van der Waals surface area contributed by atoms with Crippen molar-refractivity contribution >= 4 is 52.2 Å². The molecule has 0 radical (unpaired) electrons. The SMILES string of the molecule is C=CCOC(=O)c1ccc(NC(=O)c2ccc(NC(=O)c3ccc(NC(=O)CCC(=O)c4ccc(N)cc4)cc3)c(C)c2OCC=C)c(C)c1OCC=C. The highest BCUT2D eigenvalue weighted by Gasteiger charge is 2.23. The van der Waals surface area contributed by atoms with E-state index in [0.717, 1.165) is 0 Å². The van der Waals surface area contributed by atoms with E-state index >= 15 is 0 Å². The van der Waals surface area contributed by atoms with Crippen LogP contribution >= 0.6 is 0 Å². The fourth-order valence-corrected chi connectivity index (χ4v) is 5.22. The molecule has 4 rings (SSSR count). The zero-order valence-corrected chi connectivity index (χ0v) is 30.2. The Bertz CT molecular complexity index is 2070. The lowest BCUT2D eigenvalue weighted by molar-refractivity contribution is -0.116. The fourth-order valence-electron chi connectivity index (χ4n) is 5.22. The second-order valence-corrected chi connectivity index (χ2v) is 11.9. The molecule has 0 unspecified atom stereocenters. The summed E-state index contributed by atoms with van der Waals surface area (Å²) in [6.07, 6.45) is 4.53. The van der Waals surface area contributed by atoms with Crippen LogP contribution in [0.2, 0.25) is 0 Å². The van der Waals surface area contributed by atoms with E-state index in [1.54, 1.807) is 74.5 Å². The molecule has 4 aromatic rings. The molecule has 0 bridgehead atoms. The van der Waals surface area contributed by atoms with Crippen molar-refractivity contribution in [2.45, 2.75) is 26.7 Å². The fraction of sp³-hybridized carbons (Fsp3) is 0.167. The third kappa shape index (κ3) is 10.3. The van der Waals surface area contributed by atoms with Gasteiger partial charge in [-0.15, -0.1) is 0 Å². The highest BCUT2D eigenvalue weighted by atomic mass is 16.5. The minimum Gasteiger partial charge on any atom is -0.488 e. The number of ether oxygens (including phenoxy) is 3. The highest BCUT2D eigenvalue weighted by molar-refractivity contribution is 6.09. The normalized spacial score (nSPS) is 10.3. The molecule has 12 nitrogen and oxygen atoms in total. The van der Waals surface area contributed by atoms with Gasteiger partial charge in [0.2, 0.25) is 5.91 Å². The maximum Gasteiger partial charge on any atom is 0.342 e. The number of esters is 1. The number of hydrogen-bond donors (Lipinski definition) is 4. The minimum atomic E-state index is -0.609. The Balaban J connectivity index is 1.46. The number of nitrogens with one attached hydrogen (secondary N) is 3. The van der Waals surface area contributed by atoms with Gasteiger partial charge in [0.15, 0.2) is 5.78 Å². The smallest absolute Gasteiger partial charge is 0.342 e. The summed E-state index contributed by atoms with van der Waals surface area (Å²) in [7, 11) is 0. The van der Waals surface area contributed by atoms with Crippen LogP contribution < -0.4 is 31.2 Å². The molecule has 0 saturated heterocycles. The van der Waals surface area contributed by atoms with Crippen LogP contribution in [-0.4, -0.2) is 49.3 Å². The van der Waals surface area contributed by atoms with Gasteiger partial charge >= 0.3 is 5.97 Å². The van der Waals surface area contributed by atoms with Gasteiger partial charge in [-0.05, 0) is 86.6 Å². The Morgan fingerprint density at radius 3 is 1.70 bits per heavy atom. The number of rotatable bonds is 18. The number of carbonyl (C=O) groups excluding carboxylic acids is 5. The summed E-state index contributed by atoms with van der Waals surface area (Å²) in [5.74, 6) is -1.62. The van der Waals surface area contributed by atoms with Crippen molar-refractivity contribution in [1.82, 2.24) is 0 Å². The second-order valence-electron chi connectivity index (χ2n) is 11.9. The number of Topliss-reactive ketones (excluding diaryl/α,β-unsaturated/α-hetero) is 1. The standard InChI is InChI=1S/C42H42N4O8/c1-6-23-52-38-26(4)34(19-17-32(38)41(50)46-35-20-18-33(42(51)54-25-8-3)39(27(35)5)53-24-7-2)45-40(49)29-11-15-31(16-12-29)44-37(48)22-21-36(47)28-9-13-30(43)14-10-28/h6-20H,1-3,21-25,43H2,4-5H3,(H,44,48)(H,45,49)(H,46,50). The number of anilines is 4. The van der Waals surface area contributed by atoms with E-state index in [4.69, 9.17) is 19.9 Å². The molecule has 0 saturated carbocycles. The first-order valence-corrected chi connectivity index (χ1v) is 16.9. The maximum atomic E-state index is 13.7. The van der Waals surface area contributed by atoms with Crippen molar-refractivity contribution in [2.24, 2.45) is 0 Å². The summed E-state index contributed by atoms with van der Waals surface area (Å²) in [6, 6.07) is 19.0. The van der Waals surface area contributed by atoms with Crippen LogP contribution in [0.15, 0.2) is 111 Å². The molecular weight excluding hydrogens is 688 g/mol. The zero-order chi connectivity index (χ0) is 39.2. The van der Waals surface area contributed by atoms with E-state index in [2.05, 4.69) is 35.7 Å². The largest absolute Gasteiger partial charge is 0.488 e. The van der Waals surface area contributed by atoms with Gasteiger partial charge in [0.25, 0.3) is 11.8 Å². The predicted molar refractivity (Wildman–Crippen MR) is 210 cm³/mol. The van der Waals surface area contributed by atoms with E-state index < -0.39 is 17.8 Å². The molecular formula is C42H42N4O8. The van der Waals surface area contributed by atoms with Crippen molar-refractivity contribution in [3.63, 3.8) is 0 Å². The number of ketones is 1. The quantitative estimate of drug-likeness (QED) is 0.0350. The topological polar surface area (TPSA) is 175 Å². The number of hydrogen-bond acceptors (Lipinski definition) is 9. The molecule has 3 amide bonds. The molecule has 0 aliphatic carbocycles. The lowest BCUT2D eigenvalue weighted by atomic mass is 10.0. The predicted octanol–water partition coefficient (Wildman–Crippen LogP) is 7.46. The summed E-state index contributed by atoms with van der Waals surface area (Å²) < 4.78 is 16.9. The summed E-state index contributed by atoms with van der Waals surface area (Å²) in [4.78, 5) is 64.5. The van der Waals surface area contributed by atoms with Gasteiger partial charge in [-0.25, -0.2) is 4.79 Å². The summed E-state index contributed by atoms with van der Waals surface area (Å²) in [5, 5.41) is 8.46. The van der Waals surface area contributed by atoms with Gasteiger partial charge in [0, 0.05) is 57.8 Å². The average Bonchev–Trinajstić information content (AvgIpc) is 3.16. The molecule has 5 N–H and O–H groups in total. The van der Waals surface area contributed by atoms with Gasteiger partial charge in [-0.2, -0.15) is 0 Å². The molecule has 54 heavy (non-hydrogen) atoms. The van der Waals surface area contributed by atoms with Gasteiger partial charge in [-0.3, -0.25) is 19.2 Å².